The molecule has 3 aromatic carbocycles. The van der Waals surface area contributed by atoms with E-state index in [1.807, 2.05) is 58.9 Å². The van der Waals surface area contributed by atoms with Crippen LogP contribution in [0.1, 0.15) is 45.2 Å². The van der Waals surface area contributed by atoms with Crippen molar-refractivity contribution >= 4 is 27.5 Å². The summed E-state index contributed by atoms with van der Waals surface area (Å²) in [6.45, 7) is 8.90. The van der Waals surface area contributed by atoms with E-state index in [9.17, 15) is 22.4 Å². The van der Waals surface area contributed by atoms with E-state index >= 15 is 0 Å². The number of carbonyl (C=O) groups excluding carboxylic acids is 2. The maximum absolute atomic E-state index is 14.0. The average Bonchev–Trinajstić information content (AvgIpc) is 2.86. The number of para-hydroxylation sites is 1. The van der Waals surface area contributed by atoms with Crippen LogP contribution in [-0.4, -0.2) is 43.3 Å². The average molecular weight is 554 g/mol. The van der Waals surface area contributed by atoms with E-state index in [2.05, 4.69) is 5.32 Å². The van der Waals surface area contributed by atoms with Crippen LogP contribution in [-0.2, 0) is 26.2 Å². The molecule has 0 aliphatic carbocycles. The Kier molecular flexibility index (Phi) is 9.50. The number of nitrogens with one attached hydrogen (secondary N) is 1. The number of hydrogen-bond acceptors (Lipinski definition) is 4. The molecule has 0 fully saturated rings. The smallest absolute Gasteiger partial charge is 0.264 e. The molecule has 0 bridgehead atoms. The van der Waals surface area contributed by atoms with Crippen molar-refractivity contribution < 1.29 is 22.4 Å². The Morgan fingerprint density at radius 1 is 0.949 bits per heavy atom. The van der Waals surface area contributed by atoms with E-state index in [-0.39, 0.29) is 23.0 Å². The van der Waals surface area contributed by atoms with Crippen molar-refractivity contribution in [2.24, 2.45) is 0 Å². The van der Waals surface area contributed by atoms with Crippen LogP contribution in [0.25, 0.3) is 0 Å². The molecule has 1 atom stereocenters. The Balaban J connectivity index is 2.05. The van der Waals surface area contributed by atoms with Crippen LogP contribution in [0.4, 0.5) is 10.1 Å². The van der Waals surface area contributed by atoms with E-state index in [1.54, 1.807) is 30.3 Å². The Morgan fingerprint density at radius 2 is 1.59 bits per heavy atom. The first kappa shape index (κ1) is 29.8. The minimum atomic E-state index is -4.24. The molecule has 39 heavy (non-hydrogen) atoms. The summed E-state index contributed by atoms with van der Waals surface area (Å²) < 4.78 is 42.0. The maximum atomic E-state index is 14.0. The number of benzene rings is 3. The molecule has 0 unspecified atom stereocenters. The van der Waals surface area contributed by atoms with Crippen LogP contribution < -0.4 is 9.62 Å². The van der Waals surface area contributed by atoms with Crippen LogP contribution in [0.3, 0.4) is 0 Å². The van der Waals surface area contributed by atoms with Crippen molar-refractivity contribution in [3.63, 3.8) is 0 Å². The van der Waals surface area contributed by atoms with Crippen LogP contribution in [0.5, 0.6) is 0 Å². The first-order chi connectivity index (χ1) is 18.3. The second-order valence-corrected chi connectivity index (χ2v) is 12.3. The quantitative estimate of drug-likeness (QED) is 0.381. The molecule has 0 saturated carbocycles. The van der Waals surface area contributed by atoms with E-state index in [0.29, 0.717) is 6.42 Å². The van der Waals surface area contributed by atoms with Gasteiger partial charge in [-0.15, -0.1) is 0 Å². The van der Waals surface area contributed by atoms with Crippen LogP contribution in [0.2, 0.25) is 0 Å². The number of carbonyl (C=O) groups is 2. The van der Waals surface area contributed by atoms with Gasteiger partial charge in [-0.1, -0.05) is 55.0 Å². The van der Waals surface area contributed by atoms with Crippen LogP contribution in [0.15, 0.2) is 83.8 Å². The molecule has 9 heteroatoms. The molecular weight excluding hydrogens is 517 g/mol. The van der Waals surface area contributed by atoms with E-state index in [0.717, 1.165) is 27.6 Å². The molecule has 0 aliphatic rings. The fraction of sp³-hybridized carbons (Fsp3) is 0.333. The lowest BCUT2D eigenvalue weighted by atomic mass is 10.0. The van der Waals surface area contributed by atoms with Gasteiger partial charge in [0.2, 0.25) is 11.8 Å². The molecule has 0 aliphatic heterocycles. The highest BCUT2D eigenvalue weighted by Crippen LogP contribution is 2.25. The molecule has 0 saturated heterocycles. The van der Waals surface area contributed by atoms with Gasteiger partial charge in [-0.2, -0.15) is 0 Å². The zero-order valence-electron chi connectivity index (χ0n) is 23.0. The summed E-state index contributed by atoms with van der Waals surface area (Å²) in [7, 11) is -4.24. The lowest BCUT2D eigenvalue weighted by Gasteiger charge is -2.34. The third-order valence-corrected chi connectivity index (χ3v) is 7.83. The Labute approximate surface area is 230 Å². The molecule has 208 valence electrons. The first-order valence-corrected chi connectivity index (χ1v) is 14.3. The second kappa shape index (κ2) is 12.4. The van der Waals surface area contributed by atoms with Gasteiger partial charge in [0.25, 0.3) is 10.0 Å². The standard InChI is InChI=1S/C30H36FN3O4S/c1-6-27(29(36)32-30(3,4)5)33(20-23-12-10-11-22(2)19-23)28(35)21-34(25-13-8-7-9-14-25)39(37,38)26-17-15-24(31)16-18-26/h7-19,27H,6,20-21H2,1-5H3,(H,32,36)/t27-/m1/s1. The molecular formula is C30H36FN3O4S. The summed E-state index contributed by atoms with van der Waals surface area (Å²) in [6, 6.07) is 19.5. The van der Waals surface area contributed by atoms with Gasteiger partial charge in [0.15, 0.2) is 0 Å². The highest BCUT2D eigenvalue weighted by molar-refractivity contribution is 7.92. The van der Waals surface area contributed by atoms with Gasteiger partial charge >= 0.3 is 0 Å². The van der Waals surface area contributed by atoms with Crippen molar-refractivity contribution in [2.45, 2.75) is 64.1 Å². The van der Waals surface area contributed by atoms with Crippen molar-refractivity contribution in [1.82, 2.24) is 10.2 Å². The predicted octanol–water partition coefficient (Wildman–Crippen LogP) is 5.05. The highest BCUT2D eigenvalue weighted by Gasteiger charge is 2.34. The molecule has 7 nitrogen and oxygen atoms in total. The van der Waals surface area contributed by atoms with Crippen LogP contribution >= 0.6 is 0 Å². The van der Waals surface area contributed by atoms with Gasteiger partial charge < -0.3 is 10.2 Å². The summed E-state index contributed by atoms with van der Waals surface area (Å²) in [5, 5.41) is 2.95. The number of halogens is 1. The number of anilines is 1. The van der Waals surface area contributed by atoms with E-state index < -0.39 is 39.9 Å². The van der Waals surface area contributed by atoms with Crippen molar-refractivity contribution in [2.75, 3.05) is 10.8 Å². The molecule has 0 heterocycles. The van der Waals surface area contributed by atoms with E-state index in [4.69, 9.17) is 0 Å². The lowest BCUT2D eigenvalue weighted by Crippen LogP contribution is -2.55. The minimum Gasteiger partial charge on any atom is -0.350 e. The topological polar surface area (TPSA) is 86.8 Å². The fourth-order valence-corrected chi connectivity index (χ4v) is 5.65. The molecule has 0 radical (unpaired) electrons. The molecule has 2 amide bonds. The molecule has 3 rings (SSSR count). The van der Waals surface area contributed by atoms with Gasteiger partial charge in [0.05, 0.1) is 10.6 Å². The van der Waals surface area contributed by atoms with Crippen molar-refractivity contribution in [1.29, 1.82) is 0 Å². The summed E-state index contributed by atoms with van der Waals surface area (Å²) in [4.78, 5) is 28.6. The third-order valence-electron chi connectivity index (χ3n) is 6.04. The fourth-order valence-electron chi connectivity index (χ4n) is 4.24. The van der Waals surface area contributed by atoms with Gasteiger partial charge in [-0.25, -0.2) is 12.8 Å². The van der Waals surface area contributed by atoms with Crippen molar-refractivity contribution in [3.8, 4) is 0 Å². The maximum Gasteiger partial charge on any atom is 0.264 e. The number of amides is 2. The van der Waals surface area contributed by atoms with E-state index in [1.165, 1.54) is 17.0 Å². The summed E-state index contributed by atoms with van der Waals surface area (Å²) in [6.07, 6.45) is 0.329. The SMILES string of the molecule is CC[C@H](C(=O)NC(C)(C)C)N(Cc1cccc(C)c1)C(=O)CN(c1ccccc1)S(=O)(=O)c1ccc(F)cc1. The predicted molar refractivity (Wildman–Crippen MR) is 151 cm³/mol. The number of rotatable bonds is 10. The van der Waals surface area contributed by atoms with Gasteiger partial charge in [0.1, 0.15) is 18.4 Å². The van der Waals surface area contributed by atoms with Gasteiger partial charge in [-0.05, 0) is 76.1 Å². The minimum absolute atomic E-state index is 0.121. The van der Waals surface area contributed by atoms with Crippen LogP contribution in [0, 0.1) is 12.7 Å². The summed E-state index contributed by atoms with van der Waals surface area (Å²) in [5.41, 5.74) is 1.57. The van der Waals surface area contributed by atoms with Gasteiger partial charge in [0, 0.05) is 12.1 Å². The summed E-state index contributed by atoms with van der Waals surface area (Å²) in [5.74, 6) is -1.43. The number of sulfonamides is 1. The number of aryl methyl sites for hydroxylation is 1. The van der Waals surface area contributed by atoms with Crippen molar-refractivity contribution in [3.05, 3.63) is 95.8 Å². The first-order valence-electron chi connectivity index (χ1n) is 12.8. The lowest BCUT2D eigenvalue weighted by molar-refractivity contribution is -0.141. The molecule has 3 aromatic rings. The Morgan fingerprint density at radius 3 is 2.15 bits per heavy atom. The normalized spacial score (nSPS) is 12.5. The van der Waals surface area contributed by atoms with Gasteiger partial charge in [-0.3, -0.25) is 13.9 Å². The summed E-state index contributed by atoms with van der Waals surface area (Å²) >= 11 is 0. The second-order valence-electron chi connectivity index (χ2n) is 10.5. The Bertz CT molecular complexity index is 1390. The number of hydrogen-bond donors (Lipinski definition) is 1. The molecule has 0 aromatic heterocycles. The highest BCUT2D eigenvalue weighted by atomic mass is 32.2. The molecule has 1 N–H and O–H groups in total. The monoisotopic (exact) mass is 553 g/mol. The number of nitrogens with zero attached hydrogens (tertiary/aromatic N) is 2. The zero-order chi connectivity index (χ0) is 28.8. The Hall–Kier alpha value is -3.72. The zero-order valence-corrected chi connectivity index (χ0v) is 23.8. The largest absolute Gasteiger partial charge is 0.350 e. The third kappa shape index (κ3) is 7.89. The molecule has 0 spiro atoms.